The zero-order chi connectivity index (χ0) is 23.5. The Hall–Kier alpha value is -3.47. The Morgan fingerprint density at radius 3 is 2.50 bits per heavy atom. The van der Waals surface area contributed by atoms with Gasteiger partial charge in [0, 0.05) is 24.0 Å². The van der Waals surface area contributed by atoms with Crippen molar-refractivity contribution < 1.29 is 18.8 Å². The second-order valence-electron chi connectivity index (χ2n) is 7.46. The van der Waals surface area contributed by atoms with Gasteiger partial charge in [0.1, 0.15) is 17.8 Å². The van der Waals surface area contributed by atoms with Gasteiger partial charge in [-0.25, -0.2) is 9.37 Å². The third kappa shape index (κ3) is 5.36. The summed E-state index contributed by atoms with van der Waals surface area (Å²) in [6, 6.07) is 9.94. The molecule has 3 amide bonds. The van der Waals surface area contributed by atoms with E-state index in [-0.39, 0.29) is 40.4 Å². The first kappa shape index (κ1) is 25.2. The molecule has 0 spiro atoms. The number of nitrogens with two attached hydrogens (primary N) is 1. The van der Waals surface area contributed by atoms with Crippen molar-refractivity contribution in [2.24, 2.45) is 5.73 Å². The summed E-state index contributed by atoms with van der Waals surface area (Å²) < 4.78 is 14.7. The number of carbonyl (C=O) groups is 3. The number of hydrogen-bond acceptors (Lipinski definition) is 5. The maximum absolute atomic E-state index is 13.2. The predicted octanol–water partition coefficient (Wildman–Crippen LogP) is 2.53. The first-order valence-electron chi connectivity index (χ1n) is 10.1. The van der Waals surface area contributed by atoms with Crippen molar-refractivity contribution in [3.63, 3.8) is 0 Å². The summed E-state index contributed by atoms with van der Waals surface area (Å²) in [6.45, 7) is 1.43. The van der Waals surface area contributed by atoms with Crippen LogP contribution >= 0.6 is 24.0 Å². The number of imidazole rings is 1. The molecule has 0 bridgehead atoms. The minimum absolute atomic E-state index is 0. The minimum Gasteiger partial charge on any atom is -0.364 e. The summed E-state index contributed by atoms with van der Waals surface area (Å²) in [4.78, 5) is 41.2. The van der Waals surface area contributed by atoms with E-state index in [0.717, 1.165) is 25.1 Å². The number of anilines is 1. The van der Waals surface area contributed by atoms with Crippen molar-refractivity contribution in [1.29, 1.82) is 0 Å². The molecule has 0 radical (unpaired) electrons. The number of rotatable bonds is 6. The van der Waals surface area contributed by atoms with Crippen LogP contribution in [0, 0.1) is 5.82 Å². The average Bonchev–Trinajstić information content (AvgIpc) is 3.44. The van der Waals surface area contributed by atoms with Gasteiger partial charge in [0.05, 0.1) is 10.6 Å². The second kappa shape index (κ2) is 10.6. The normalized spacial score (nSPS) is 14.8. The molecule has 1 aliphatic heterocycles. The Balaban J connectivity index is 0.00000324. The quantitative estimate of drug-likeness (QED) is 0.407. The van der Waals surface area contributed by atoms with Crippen molar-refractivity contribution in [3.8, 4) is 5.69 Å². The molecule has 34 heavy (non-hydrogen) atoms. The molecule has 1 saturated heterocycles. The predicted molar refractivity (Wildman–Crippen MR) is 127 cm³/mol. The number of aromatic nitrogens is 2. The number of primary amides is 1. The molecule has 1 aliphatic rings. The molecule has 4 rings (SSSR count). The molecule has 0 aliphatic carbocycles. The van der Waals surface area contributed by atoms with Crippen molar-refractivity contribution in [2.45, 2.75) is 12.5 Å². The molecule has 5 N–H and O–H groups in total. The Bertz CT molecular complexity index is 1230. The van der Waals surface area contributed by atoms with Gasteiger partial charge in [-0.3, -0.25) is 19.0 Å². The highest BCUT2D eigenvalue weighted by molar-refractivity contribution is 6.34. The largest absolute Gasteiger partial charge is 0.364 e. The fraction of sp³-hybridized carbons (Fsp3) is 0.182. The SMILES string of the molecule is Cl.NC(=O)c1ncn(-c2ccc(NC(=O)c3ccc(F)cc3Cl)cc2)c1C(=O)N[C@@H]1CCNC1. The highest BCUT2D eigenvalue weighted by Crippen LogP contribution is 2.21. The van der Waals surface area contributed by atoms with Crippen molar-refractivity contribution in [3.05, 3.63) is 76.6 Å². The third-order valence-corrected chi connectivity index (χ3v) is 5.50. The Kier molecular flexibility index (Phi) is 7.87. The zero-order valence-corrected chi connectivity index (χ0v) is 19.3. The van der Waals surface area contributed by atoms with Crippen LogP contribution in [0.4, 0.5) is 10.1 Å². The lowest BCUT2D eigenvalue weighted by atomic mass is 10.2. The molecular formula is C22H21Cl2FN6O3. The summed E-state index contributed by atoms with van der Waals surface area (Å²) in [5.41, 5.74) is 6.42. The number of nitrogens with zero attached hydrogens (tertiary/aromatic N) is 2. The van der Waals surface area contributed by atoms with Crippen LogP contribution < -0.4 is 21.7 Å². The minimum atomic E-state index is -0.816. The Morgan fingerprint density at radius 2 is 1.88 bits per heavy atom. The van der Waals surface area contributed by atoms with Crippen LogP contribution in [0.25, 0.3) is 5.69 Å². The van der Waals surface area contributed by atoms with Gasteiger partial charge in [-0.05, 0) is 55.4 Å². The topological polar surface area (TPSA) is 131 Å². The molecule has 2 heterocycles. The molecule has 3 aromatic rings. The van der Waals surface area contributed by atoms with Gasteiger partial charge in [-0.1, -0.05) is 11.6 Å². The van der Waals surface area contributed by atoms with Crippen LogP contribution in [-0.4, -0.2) is 46.4 Å². The fourth-order valence-electron chi connectivity index (χ4n) is 3.55. The van der Waals surface area contributed by atoms with Gasteiger partial charge in [0.25, 0.3) is 17.7 Å². The number of amides is 3. The lowest BCUT2D eigenvalue weighted by Gasteiger charge is -2.14. The fourth-order valence-corrected chi connectivity index (χ4v) is 3.80. The maximum Gasteiger partial charge on any atom is 0.271 e. The van der Waals surface area contributed by atoms with Crippen LogP contribution in [0.3, 0.4) is 0 Å². The van der Waals surface area contributed by atoms with Crippen molar-refractivity contribution >= 4 is 47.4 Å². The molecule has 2 aromatic carbocycles. The van der Waals surface area contributed by atoms with Crippen molar-refractivity contribution in [2.75, 3.05) is 18.4 Å². The lowest BCUT2D eigenvalue weighted by molar-refractivity contribution is 0.0917. The molecule has 0 saturated carbocycles. The molecule has 9 nitrogen and oxygen atoms in total. The van der Waals surface area contributed by atoms with Crippen molar-refractivity contribution in [1.82, 2.24) is 20.2 Å². The van der Waals surface area contributed by atoms with E-state index in [9.17, 15) is 18.8 Å². The summed E-state index contributed by atoms with van der Waals surface area (Å²) in [6.07, 6.45) is 2.12. The van der Waals surface area contributed by atoms with Crippen LogP contribution in [0.15, 0.2) is 48.8 Å². The smallest absolute Gasteiger partial charge is 0.271 e. The molecule has 178 valence electrons. The number of carbonyl (C=O) groups excluding carboxylic acids is 3. The molecule has 12 heteroatoms. The molecule has 1 aromatic heterocycles. The first-order chi connectivity index (χ1) is 15.8. The summed E-state index contributed by atoms with van der Waals surface area (Å²) in [5, 5.41) is 8.71. The van der Waals surface area contributed by atoms with Gasteiger partial charge in [-0.15, -0.1) is 12.4 Å². The van der Waals surface area contributed by atoms with Crippen LogP contribution in [0.1, 0.15) is 37.8 Å². The third-order valence-electron chi connectivity index (χ3n) is 5.19. The molecule has 1 fully saturated rings. The van der Waals surface area contributed by atoms with E-state index in [1.165, 1.54) is 17.0 Å². The number of benzene rings is 2. The standard InChI is InChI=1S/C22H20ClFN6O3.ClH/c23-17-9-12(24)1-6-16(17)21(32)28-13-2-4-15(5-3-13)30-11-27-18(20(25)31)19(30)22(33)29-14-7-8-26-10-14;/h1-6,9,11,14,26H,7-8,10H2,(H2,25,31)(H,28,32)(H,29,33);1H/t14-;/m1./s1. The summed E-state index contributed by atoms with van der Waals surface area (Å²) >= 11 is 5.94. The van der Waals surface area contributed by atoms with Gasteiger partial charge in [0.15, 0.2) is 5.69 Å². The van der Waals surface area contributed by atoms with Crippen LogP contribution in [0.5, 0.6) is 0 Å². The van der Waals surface area contributed by atoms with E-state index >= 15 is 0 Å². The van der Waals surface area contributed by atoms with Crippen LogP contribution in [-0.2, 0) is 0 Å². The zero-order valence-electron chi connectivity index (χ0n) is 17.7. The summed E-state index contributed by atoms with van der Waals surface area (Å²) in [7, 11) is 0. The summed E-state index contributed by atoms with van der Waals surface area (Å²) in [5.74, 6) is -2.32. The molecule has 1 atom stereocenters. The van der Waals surface area contributed by atoms with E-state index in [1.807, 2.05) is 0 Å². The monoisotopic (exact) mass is 506 g/mol. The van der Waals surface area contributed by atoms with E-state index in [4.69, 9.17) is 17.3 Å². The Morgan fingerprint density at radius 1 is 1.15 bits per heavy atom. The van der Waals surface area contributed by atoms with E-state index in [2.05, 4.69) is 20.9 Å². The van der Waals surface area contributed by atoms with E-state index in [0.29, 0.717) is 17.9 Å². The number of hydrogen-bond donors (Lipinski definition) is 4. The lowest BCUT2D eigenvalue weighted by Crippen LogP contribution is -2.38. The number of nitrogens with one attached hydrogen (secondary N) is 3. The van der Waals surface area contributed by atoms with Gasteiger partial charge in [-0.2, -0.15) is 0 Å². The number of halogens is 3. The van der Waals surface area contributed by atoms with E-state index in [1.54, 1.807) is 24.3 Å². The highest BCUT2D eigenvalue weighted by Gasteiger charge is 2.26. The molecular weight excluding hydrogens is 486 g/mol. The average molecular weight is 507 g/mol. The van der Waals surface area contributed by atoms with Gasteiger partial charge < -0.3 is 21.7 Å². The van der Waals surface area contributed by atoms with Gasteiger partial charge >= 0.3 is 0 Å². The first-order valence-corrected chi connectivity index (χ1v) is 10.5. The Labute approximate surface area is 205 Å². The molecule has 0 unspecified atom stereocenters. The highest BCUT2D eigenvalue weighted by atomic mass is 35.5. The van der Waals surface area contributed by atoms with E-state index < -0.39 is 23.5 Å². The van der Waals surface area contributed by atoms with Crippen LogP contribution in [0.2, 0.25) is 5.02 Å². The van der Waals surface area contributed by atoms with Gasteiger partial charge in [0.2, 0.25) is 0 Å². The second-order valence-corrected chi connectivity index (χ2v) is 7.87. The maximum atomic E-state index is 13.2.